The average molecular weight is 220 g/mol. The number of carbonyl (C=O) groups is 1. The summed E-state index contributed by atoms with van der Waals surface area (Å²) in [6.45, 7) is 0. The number of hydrogen-bond donors (Lipinski definition) is 0. The van der Waals surface area contributed by atoms with Gasteiger partial charge in [0.25, 0.3) is 0 Å². The van der Waals surface area contributed by atoms with E-state index in [0.717, 1.165) is 10.6 Å². The van der Waals surface area contributed by atoms with Gasteiger partial charge in [0.1, 0.15) is 0 Å². The number of amides is 1. The van der Waals surface area contributed by atoms with Gasteiger partial charge in [-0.25, -0.2) is 4.79 Å². The minimum absolute atomic E-state index is 0.501. The van der Waals surface area contributed by atoms with Crippen molar-refractivity contribution < 1.29 is 9.53 Å². The van der Waals surface area contributed by atoms with Crippen molar-refractivity contribution in [2.45, 2.75) is 10.3 Å². The molecule has 0 saturated carbocycles. The fraction of sp³-hybridized carbons (Fsp3) is 0.200. The SMILES string of the molecule is COC(=O)N1c2ccccc2S[C@H]1C#N. The first-order valence-electron chi connectivity index (χ1n) is 4.30. The molecule has 1 atom stereocenters. The summed E-state index contributed by atoms with van der Waals surface area (Å²) in [4.78, 5) is 13.8. The van der Waals surface area contributed by atoms with E-state index in [-0.39, 0.29) is 0 Å². The Hall–Kier alpha value is -1.67. The Bertz CT molecular complexity index is 441. The number of anilines is 1. The van der Waals surface area contributed by atoms with Gasteiger partial charge in [-0.2, -0.15) is 5.26 Å². The molecule has 0 radical (unpaired) electrons. The molecule has 4 nitrogen and oxygen atoms in total. The van der Waals surface area contributed by atoms with E-state index >= 15 is 0 Å². The third kappa shape index (κ3) is 1.53. The zero-order chi connectivity index (χ0) is 10.8. The maximum Gasteiger partial charge on any atom is 0.415 e. The van der Waals surface area contributed by atoms with Crippen LogP contribution in [0.2, 0.25) is 0 Å². The van der Waals surface area contributed by atoms with E-state index in [1.807, 2.05) is 18.2 Å². The zero-order valence-electron chi connectivity index (χ0n) is 8.01. The lowest BCUT2D eigenvalue weighted by Crippen LogP contribution is -2.34. The van der Waals surface area contributed by atoms with E-state index in [4.69, 9.17) is 5.26 Å². The summed E-state index contributed by atoms with van der Waals surface area (Å²) in [7, 11) is 1.31. The first kappa shape index (κ1) is 9.87. The Morgan fingerprint density at radius 2 is 2.33 bits per heavy atom. The summed E-state index contributed by atoms with van der Waals surface area (Å²) in [5, 5.41) is 8.40. The molecule has 1 aliphatic rings. The highest BCUT2D eigenvalue weighted by molar-refractivity contribution is 8.00. The Morgan fingerprint density at radius 3 is 3.00 bits per heavy atom. The maximum atomic E-state index is 11.5. The number of nitrogens with zero attached hydrogens (tertiary/aromatic N) is 2. The summed E-state index contributed by atoms with van der Waals surface area (Å²) in [5.41, 5.74) is 0.737. The van der Waals surface area contributed by atoms with E-state index in [0.29, 0.717) is 0 Å². The molecule has 5 heteroatoms. The molecule has 1 aromatic rings. The number of nitriles is 1. The molecular weight excluding hydrogens is 212 g/mol. The lowest BCUT2D eigenvalue weighted by molar-refractivity contribution is 0.179. The highest BCUT2D eigenvalue weighted by Crippen LogP contribution is 2.42. The molecular formula is C10H8N2O2S. The molecule has 0 saturated heterocycles. The van der Waals surface area contributed by atoms with Gasteiger partial charge < -0.3 is 4.74 Å². The number of hydrogen-bond acceptors (Lipinski definition) is 4. The molecule has 0 fully saturated rings. The van der Waals surface area contributed by atoms with Crippen LogP contribution in [0, 0.1) is 11.3 Å². The maximum absolute atomic E-state index is 11.5. The van der Waals surface area contributed by atoms with Crippen molar-refractivity contribution in [1.82, 2.24) is 0 Å². The summed E-state index contributed by atoms with van der Waals surface area (Å²) >= 11 is 1.35. The van der Waals surface area contributed by atoms with Crippen molar-refractivity contribution in [1.29, 1.82) is 5.26 Å². The molecule has 76 valence electrons. The van der Waals surface area contributed by atoms with Gasteiger partial charge in [-0.15, -0.1) is 0 Å². The van der Waals surface area contributed by atoms with Crippen LogP contribution in [0.4, 0.5) is 10.5 Å². The predicted octanol–water partition coefficient (Wildman–Crippen LogP) is 2.21. The lowest BCUT2D eigenvalue weighted by Gasteiger charge is -2.17. The van der Waals surface area contributed by atoms with Gasteiger partial charge >= 0.3 is 6.09 Å². The molecule has 1 aromatic carbocycles. The molecule has 1 aliphatic heterocycles. The molecule has 0 spiro atoms. The van der Waals surface area contributed by atoms with Crippen LogP contribution in [0.25, 0.3) is 0 Å². The van der Waals surface area contributed by atoms with Gasteiger partial charge in [-0.05, 0) is 12.1 Å². The van der Waals surface area contributed by atoms with Crippen LogP contribution in [0.15, 0.2) is 29.2 Å². The Morgan fingerprint density at radius 1 is 1.60 bits per heavy atom. The minimum atomic E-state index is -0.533. The van der Waals surface area contributed by atoms with Crippen LogP contribution >= 0.6 is 11.8 Å². The van der Waals surface area contributed by atoms with Crippen molar-refractivity contribution in [3.05, 3.63) is 24.3 Å². The number of rotatable bonds is 0. The number of ether oxygens (including phenoxy) is 1. The molecule has 0 aliphatic carbocycles. The molecule has 2 rings (SSSR count). The first-order chi connectivity index (χ1) is 7.27. The molecule has 0 bridgehead atoms. The molecule has 0 unspecified atom stereocenters. The van der Waals surface area contributed by atoms with Crippen LogP contribution in [0.3, 0.4) is 0 Å². The third-order valence-electron chi connectivity index (χ3n) is 2.08. The summed E-state index contributed by atoms with van der Waals surface area (Å²) in [5.74, 6) is 0. The Kier molecular flexibility index (Phi) is 2.52. The van der Waals surface area contributed by atoms with Crippen molar-refractivity contribution in [2.75, 3.05) is 12.0 Å². The Balaban J connectivity index is 2.43. The Labute approximate surface area is 91.4 Å². The van der Waals surface area contributed by atoms with Crippen molar-refractivity contribution in [3.63, 3.8) is 0 Å². The summed E-state index contributed by atoms with van der Waals surface area (Å²) in [6, 6.07) is 9.45. The zero-order valence-corrected chi connectivity index (χ0v) is 8.82. The second kappa shape index (κ2) is 3.83. The smallest absolute Gasteiger partial charge is 0.415 e. The van der Waals surface area contributed by atoms with Gasteiger partial charge in [0.05, 0.1) is 18.9 Å². The third-order valence-corrected chi connectivity index (χ3v) is 3.22. The predicted molar refractivity (Wildman–Crippen MR) is 56.6 cm³/mol. The van der Waals surface area contributed by atoms with Crippen LogP contribution in [0.1, 0.15) is 0 Å². The number of fused-ring (bicyclic) bond motifs is 1. The minimum Gasteiger partial charge on any atom is -0.452 e. The fourth-order valence-electron chi connectivity index (χ4n) is 1.43. The van der Waals surface area contributed by atoms with Gasteiger partial charge in [-0.3, -0.25) is 4.90 Å². The summed E-state index contributed by atoms with van der Waals surface area (Å²) < 4.78 is 4.65. The van der Waals surface area contributed by atoms with E-state index in [9.17, 15) is 4.79 Å². The van der Waals surface area contributed by atoms with Crippen molar-refractivity contribution >= 4 is 23.5 Å². The van der Waals surface area contributed by atoms with Crippen LogP contribution in [0.5, 0.6) is 0 Å². The molecule has 1 heterocycles. The van der Waals surface area contributed by atoms with Gasteiger partial charge in [-0.1, -0.05) is 23.9 Å². The topological polar surface area (TPSA) is 53.3 Å². The molecule has 1 amide bonds. The second-order valence-corrected chi connectivity index (χ2v) is 4.03. The standard InChI is InChI=1S/C10H8N2O2S/c1-14-10(13)12-7-4-2-3-5-8(7)15-9(12)6-11/h2-5,9H,1H3/t9-/m0/s1. The van der Waals surface area contributed by atoms with Crippen LogP contribution in [-0.4, -0.2) is 18.6 Å². The molecule has 0 N–H and O–H groups in total. The molecule has 0 aromatic heterocycles. The second-order valence-electron chi connectivity index (χ2n) is 2.91. The monoisotopic (exact) mass is 220 g/mol. The number of methoxy groups -OCH3 is 1. The number of para-hydroxylation sites is 1. The average Bonchev–Trinajstić information content (AvgIpc) is 2.66. The van der Waals surface area contributed by atoms with Crippen LogP contribution < -0.4 is 4.90 Å². The van der Waals surface area contributed by atoms with Crippen molar-refractivity contribution in [2.24, 2.45) is 0 Å². The largest absolute Gasteiger partial charge is 0.452 e. The fourth-order valence-corrected chi connectivity index (χ4v) is 2.47. The van der Waals surface area contributed by atoms with E-state index in [2.05, 4.69) is 10.8 Å². The number of thioether (sulfide) groups is 1. The van der Waals surface area contributed by atoms with E-state index < -0.39 is 11.5 Å². The highest BCUT2D eigenvalue weighted by Gasteiger charge is 2.35. The van der Waals surface area contributed by atoms with E-state index in [1.54, 1.807) is 6.07 Å². The number of carbonyl (C=O) groups excluding carboxylic acids is 1. The normalized spacial score (nSPS) is 18.1. The first-order valence-corrected chi connectivity index (χ1v) is 5.18. The van der Waals surface area contributed by atoms with Crippen LogP contribution in [-0.2, 0) is 4.74 Å². The van der Waals surface area contributed by atoms with Gasteiger partial charge in [0.2, 0.25) is 0 Å². The number of benzene rings is 1. The summed E-state index contributed by atoms with van der Waals surface area (Å²) in [6.07, 6.45) is -0.501. The lowest BCUT2D eigenvalue weighted by atomic mass is 10.3. The van der Waals surface area contributed by atoms with Crippen molar-refractivity contribution in [3.8, 4) is 6.07 Å². The van der Waals surface area contributed by atoms with E-state index in [1.165, 1.54) is 23.8 Å². The van der Waals surface area contributed by atoms with Gasteiger partial charge in [0, 0.05) is 4.90 Å². The molecule has 15 heavy (non-hydrogen) atoms. The van der Waals surface area contributed by atoms with Gasteiger partial charge in [0.15, 0.2) is 5.37 Å². The quantitative estimate of drug-likeness (QED) is 0.672. The highest BCUT2D eigenvalue weighted by atomic mass is 32.2.